The van der Waals surface area contributed by atoms with Crippen molar-refractivity contribution < 1.29 is 18.3 Å². The van der Waals surface area contributed by atoms with Crippen LogP contribution in [0.1, 0.15) is 12.8 Å². The molecular formula is C10H18F2N2O2. The third-order valence-electron chi connectivity index (χ3n) is 2.65. The Labute approximate surface area is 93.9 Å². The summed E-state index contributed by atoms with van der Waals surface area (Å²) in [6, 6.07) is 0.0485. The smallest absolute Gasteiger partial charge is 0.319 e. The Balaban J connectivity index is 2.26. The maximum atomic E-state index is 12.0. The number of alkyl halides is 2. The number of likely N-dealkylation sites (tertiary alicyclic amines) is 1. The van der Waals surface area contributed by atoms with E-state index in [1.807, 2.05) is 4.90 Å². The predicted molar refractivity (Wildman–Crippen MR) is 55.5 cm³/mol. The average molecular weight is 236 g/mol. The fraction of sp³-hybridized carbons (Fsp3) is 0.900. The number of halogens is 2. The number of ether oxygens (including phenoxy) is 1. The average Bonchev–Trinajstić information content (AvgIpc) is 2.26. The van der Waals surface area contributed by atoms with Gasteiger partial charge in [0.1, 0.15) is 0 Å². The van der Waals surface area contributed by atoms with Gasteiger partial charge in [0.15, 0.2) is 0 Å². The van der Waals surface area contributed by atoms with Crippen LogP contribution in [0.25, 0.3) is 0 Å². The lowest BCUT2D eigenvalue weighted by molar-refractivity contribution is -0.142. The van der Waals surface area contributed by atoms with Crippen molar-refractivity contribution in [2.24, 2.45) is 0 Å². The van der Waals surface area contributed by atoms with E-state index in [1.54, 1.807) is 0 Å². The number of piperidine rings is 1. The van der Waals surface area contributed by atoms with Crippen molar-refractivity contribution in [2.45, 2.75) is 25.3 Å². The minimum Gasteiger partial charge on any atom is -0.468 e. The highest BCUT2D eigenvalue weighted by atomic mass is 19.3. The van der Waals surface area contributed by atoms with Crippen LogP contribution in [-0.2, 0) is 9.53 Å². The zero-order valence-corrected chi connectivity index (χ0v) is 9.42. The van der Waals surface area contributed by atoms with Gasteiger partial charge in [-0.05, 0) is 19.4 Å². The molecular weight excluding hydrogens is 218 g/mol. The first kappa shape index (κ1) is 13.3. The summed E-state index contributed by atoms with van der Waals surface area (Å²) in [5.41, 5.74) is 0. The van der Waals surface area contributed by atoms with Crippen LogP contribution in [0.15, 0.2) is 0 Å². The molecule has 1 unspecified atom stereocenters. The third-order valence-corrected chi connectivity index (χ3v) is 2.65. The van der Waals surface area contributed by atoms with Crippen molar-refractivity contribution in [2.75, 3.05) is 33.3 Å². The van der Waals surface area contributed by atoms with E-state index in [0.29, 0.717) is 6.54 Å². The van der Waals surface area contributed by atoms with Gasteiger partial charge in [-0.15, -0.1) is 0 Å². The topological polar surface area (TPSA) is 41.6 Å². The second-order valence-electron chi connectivity index (χ2n) is 3.95. The number of carbonyl (C=O) groups excluding carboxylic acids is 1. The Morgan fingerprint density at radius 1 is 1.62 bits per heavy atom. The highest BCUT2D eigenvalue weighted by molar-refractivity contribution is 5.71. The molecule has 1 atom stereocenters. The van der Waals surface area contributed by atoms with Crippen LogP contribution in [0.4, 0.5) is 8.78 Å². The molecule has 0 aromatic rings. The summed E-state index contributed by atoms with van der Waals surface area (Å²) in [6.07, 6.45) is -0.529. The lowest BCUT2D eigenvalue weighted by Crippen LogP contribution is -2.48. The van der Waals surface area contributed by atoms with E-state index in [0.717, 1.165) is 19.4 Å². The molecule has 94 valence electrons. The molecule has 0 radical (unpaired) electrons. The molecule has 1 aliphatic heterocycles. The molecule has 0 bridgehead atoms. The largest absolute Gasteiger partial charge is 0.468 e. The molecule has 4 nitrogen and oxygen atoms in total. The summed E-state index contributed by atoms with van der Waals surface area (Å²) in [5, 5.41) is 2.80. The number of esters is 1. The minimum atomic E-state index is -2.32. The molecule has 1 fully saturated rings. The first-order valence-corrected chi connectivity index (χ1v) is 5.42. The summed E-state index contributed by atoms with van der Waals surface area (Å²) in [6.45, 7) is 1.41. The third kappa shape index (κ3) is 4.85. The number of rotatable bonds is 5. The highest BCUT2D eigenvalue weighted by Gasteiger charge is 2.22. The number of nitrogens with zero attached hydrogens (tertiary/aromatic N) is 1. The molecule has 1 heterocycles. The number of hydrogen-bond donors (Lipinski definition) is 1. The van der Waals surface area contributed by atoms with Gasteiger partial charge in [-0.3, -0.25) is 9.69 Å². The van der Waals surface area contributed by atoms with Crippen LogP contribution in [0.5, 0.6) is 0 Å². The summed E-state index contributed by atoms with van der Waals surface area (Å²) in [5.74, 6) is -0.283. The Hall–Kier alpha value is -0.750. The maximum Gasteiger partial charge on any atom is 0.319 e. The van der Waals surface area contributed by atoms with Crippen LogP contribution < -0.4 is 5.32 Å². The molecule has 16 heavy (non-hydrogen) atoms. The summed E-state index contributed by atoms with van der Waals surface area (Å²) in [4.78, 5) is 13.0. The predicted octanol–water partition coefficient (Wildman–Crippen LogP) is 0.478. The van der Waals surface area contributed by atoms with E-state index in [9.17, 15) is 13.6 Å². The van der Waals surface area contributed by atoms with Gasteiger partial charge in [-0.2, -0.15) is 0 Å². The standard InChI is InChI=1S/C10H18F2N2O2/c1-16-10(15)7-14-4-2-3-8(6-14)13-5-9(11)12/h8-9,13H,2-7H2,1H3. The molecule has 1 N–H and O–H groups in total. The fourth-order valence-corrected chi connectivity index (χ4v) is 1.87. The van der Waals surface area contributed by atoms with Crippen molar-refractivity contribution in [3.63, 3.8) is 0 Å². The normalized spacial score (nSPS) is 22.4. The molecule has 0 amide bonds. The summed E-state index contributed by atoms with van der Waals surface area (Å²) in [7, 11) is 1.35. The van der Waals surface area contributed by atoms with Crippen molar-refractivity contribution >= 4 is 5.97 Å². The number of carbonyl (C=O) groups is 1. The van der Waals surface area contributed by atoms with Crippen LogP contribution in [0.3, 0.4) is 0 Å². The van der Waals surface area contributed by atoms with Crippen molar-refractivity contribution in [1.29, 1.82) is 0 Å². The number of nitrogens with one attached hydrogen (secondary N) is 1. The molecule has 0 aromatic heterocycles. The molecule has 1 rings (SSSR count). The highest BCUT2D eigenvalue weighted by Crippen LogP contribution is 2.10. The first-order chi connectivity index (χ1) is 7.61. The monoisotopic (exact) mass is 236 g/mol. The van der Waals surface area contributed by atoms with Gasteiger partial charge in [-0.1, -0.05) is 0 Å². The Bertz CT molecular complexity index is 227. The Morgan fingerprint density at radius 2 is 2.38 bits per heavy atom. The first-order valence-electron chi connectivity index (χ1n) is 5.42. The van der Waals surface area contributed by atoms with Gasteiger partial charge in [-0.25, -0.2) is 8.78 Å². The van der Waals surface area contributed by atoms with Gasteiger partial charge >= 0.3 is 5.97 Å². The lowest BCUT2D eigenvalue weighted by Gasteiger charge is -2.32. The quantitative estimate of drug-likeness (QED) is 0.705. The van der Waals surface area contributed by atoms with E-state index in [2.05, 4.69) is 10.1 Å². The maximum absolute atomic E-state index is 12.0. The molecule has 6 heteroatoms. The van der Waals surface area contributed by atoms with E-state index < -0.39 is 6.43 Å². The summed E-state index contributed by atoms with van der Waals surface area (Å²) >= 11 is 0. The van der Waals surface area contributed by atoms with Gasteiger partial charge in [0.05, 0.1) is 20.2 Å². The Morgan fingerprint density at radius 3 is 3.00 bits per heavy atom. The zero-order chi connectivity index (χ0) is 12.0. The van der Waals surface area contributed by atoms with Crippen molar-refractivity contribution in [3.05, 3.63) is 0 Å². The summed E-state index contributed by atoms with van der Waals surface area (Å²) < 4.78 is 28.6. The van der Waals surface area contributed by atoms with Gasteiger partial charge < -0.3 is 10.1 Å². The van der Waals surface area contributed by atoms with Gasteiger partial charge in [0.2, 0.25) is 0 Å². The molecule has 1 saturated heterocycles. The van der Waals surface area contributed by atoms with Crippen molar-refractivity contribution in [3.8, 4) is 0 Å². The van der Waals surface area contributed by atoms with E-state index in [-0.39, 0.29) is 25.1 Å². The van der Waals surface area contributed by atoms with Crippen LogP contribution in [0, 0.1) is 0 Å². The van der Waals surface area contributed by atoms with Crippen LogP contribution >= 0.6 is 0 Å². The molecule has 0 aromatic carbocycles. The van der Waals surface area contributed by atoms with Gasteiger partial charge in [0, 0.05) is 12.6 Å². The zero-order valence-electron chi connectivity index (χ0n) is 9.42. The van der Waals surface area contributed by atoms with Crippen LogP contribution in [0.2, 0.25) is 0 Å². The molecule has 1 aliphatic rings. The number of hydrogen-bond acceptors (Lipinski definition) is 4. The van der Waals surface area contributed by atoms with E-state index >= 15 is 0 Å². The van der Waals surface area contributed by atoms with E-state index in [4.69, 9.17) is 0 Å². The van der Waals surface area contributed by atoms with E-state index in [1.165, 1.54) is 7.11 Å². The second kappa shape index (κ2) is 6.75. The molecule has 0 saturated carbocycles. The number of methoxy groups -OCH3 is 1. The van der Waals surface area contributed by atoms with Crippen LogP contribution in [-0.4, -0.2) is 56.6 Å². The van der Waals surface area contributed by atoms with Crippen molar-refractivity contribution in [1.82, 2.24) is 10.2 Å². The fourth-order valence-electron chi connectivity index (χ4n) is 1.87. The minimum absolute atomic E-state index is 0.0485. The SMILES string of the molecule is COC(=O)CN1CCCC(NCC(F)F)C1. The second-order valence-corrected chi connectivity index (χ2v) is 3.95. The molecule has 0 spiro atoms. The molecule has 0 aliphatic carbocycles. The van der Waals surface area contributed by atoms with Gasteiger partial charge in [0.25, 0.3) is 6.43 Å². The lowest BCUT2D eigenvalue weighted by atomic mass is 10.1. The Kier molecular flexibility index (Phi) is 5.62.